The predicted octanol–water partition coefficient (Wildman–Crippen LogP) is 2.40. The predicted molar refractivity (Wildman–Crippen MR) is 89.7 cm³/mol. The van der Waals surface area contributed by atoms with Gasteiger partial charge in [0.05, 0.1) is 11.6 Å². The molecule has 1 amide bonds. The van der Waals surface area contributed by atoms with E-state index in [-0.39, 0.29) is 17.9 Å². The molecule has 142 valence electrons. The summed E-state index contributed by atoms with van der Waals surface area (Å²) in [5, 5.41) is 8.14. The lowest BCUT2D eigenvalue weighted by molar-refractivity contribution is -0.138. The first-order chi connectivity index (χ1) is 12.2. The van der Waals surface area contributed by atoms with Crippen LogP contribution in [0.1, 0.15) is 37.1 Å². The molecule has 2 aromatic heterocycles. The number of hydrogen-bond acceptors (Lipinski definition) is 4. The number of nitrogens with zero attached hydrogens (tertiary/aromatic N) is 5. The highest BCUT2D eigenvalue weighted by atomic mass is 19.4. The molecule has 9 heteroatoms. The van der Waals surface area contributed by atoms with Crippen LogP contribution in [0.25, 0.3) is 5.65 Å². The molecule has 1 fully saturated rings. The summed E-state index contributed by atoms with van der Waals surface area (Å²) in [6.45, 7) is 3.20. The fourth-order valence-corrected chi connectivity index (χ4v) is 3.45. The molecule has 2 aromatic rings. The van der Waals surface area contributed by atoms with Gasteiger partial charge in [0.15, 0.2) is 5.65 Å². The van der Waals surface area contributed by atoms with Gasteiger partial charge in [0.2, 0.25) is 5.91 Å². The van der Waals surface area contributed by atoms with Crippen molar-refractivity contribution in [1.29, 1.82) is 0 Å². The van der Waals surface area contributed by atoms with E-state index in [4.69, 9.17) is 0 Å². The minimum Gasteiger partial charge on any atom is -0.347 e. The summed E-state index contributed by atoms with van der Waals surface area (Å²) < 4.78 is 40.5. The Labute approximate surface area is 149 Å². The smallest absolute Gasteiger partial charge is 0.347 e. The van der Waals surface area contributed by atoms with Crippen LogP contribution in [0.4, 0.5) is 13.2 Å². The molecule has 0 saturated carbocycles. The fourth-order valence-electron chi connectivity index (χ4n) is 3.45. The molecule has 0 aliphatic carbocycles. The Bertz CT molecular complexity index is 801. The highest BCUT2D eigenvalue weighted by Crippen LogP contribution is 2.31. The van der Waals surface area contributed by atoms with Crippen LogP contribution >= 0.6 is 0 Å². The Morgan fingerprint density at radius 3 is 2.69 bits per heavy atom. The number of fused-ring (bicyclic) bond motifs is 1. The Hall–Kier alpha value is -2.16. The third-order valence-corrected chi connectivity index (χ3v) is 4.92. The van der Waals surface area contributed by atoms with Crippen molar-refractivity contribution in [2.45, 2.75) is 37.9 Å². The number of halogens is 3. The van der Waals surface area contributed by atoms with Gasteiger partial charge in [0.1, 0.15) is 5.82 Å². The molecular weight excluding hydrogens is 347 g/mol. The van der Waals surface area contributed by atoms with Gasteiger partial charge < -0.3 is 4.90 Å². The maximum Gasteiger partial charge on any atom is 0.417 e. The minimum absolute atomic E-state index is 0.0103. The number of amides is 1. The molecular formula is C17H22F3N5O. The standard InChI is InChI=1S/C17H22F3N5O/c1-11(16(26)23(2)3)24-8-4-5-12(9-24)15-22-21-14-7-6-13(10-25(14)15)17(18,19)20/h6-7,10-12H,4-5,8-9H2,1-3H3. The minimum atomic E-state index is -4.42. The largest absolute Gasteiger partial charge is 0.417 e. The average molecular weight is 369 g/mol. The van der Waals surface area contributed by atoms with E-state index in [2.05, 4.69) is 15.1 Å². The lowest BCUT2D eigenvalue weighted by Gasteiger charge is -2.36. The van der Waals surface area contributed by atoms with Crippen LogP contribution in [0, 0.1) is 0 Å². The summed E-state index contributed by atoms with van der Waals surface area (Å²) in [7, 11) is 3.43. The summed E-state index contributed by atoms with van der Waals surface area (Å²) in [5.74, 6) is 0.455. The zero-order valence-electron chi connectivity index (χ0n) is 15.0. The van der Waals surface area contributed by atoms with Crippen molar-refractivity contribution in [2.24, 2.45) is 0 Å². The highest BCUT2D eigenvalue weighted by Gasteiger charge is 2.33. The molecule has 0 spiro atoms. The van der Waals surface area contributed by atoms with E-state index < -0.39 is 11.7 Å². The zero-order valence-corrected chi connectivity index (χ0v) is 15.0. The number of hydrogen-bond donors (Lipinski definition) is 0. The molecule has 3 rings (SSSR count). The first-order valence-corrected chi connectivity index (χ1v) is 8.55. The maximum absolute atomic E-state index is 13.0. The fraction of sp³-hybridized carbons (Fsp3) is 0.588. The SMILES string of the molecule is CC(C(=O)N(C)C)N1CCCC(c2nnc3ccc(C(F)(F)F)cn23)C1. The number of carbonyl (C=O) groups is 1. The second kappa shape index (κ2) is 6.86. The van der Waals surface area contributed by atoms with E-state index in [1.54, 1.807) is 19.0 Å². The van der Waals surface area contributed by atoms with Crippen LogP contribution in [-0.4, -0.2) is 63.5 Å². The van der Waals surface area contributed by atoms with E-state index in [0.717, 1.165) is 31.6 Å². The number of aromatic nitrogens is 3. The molecule has 1 saturated heterocycles. The maximum atomic E-state index is 13.0. The number of likely N-dealkylation sites (tertiary alicyclic amines) is 1. The summed E-state index contributed by atoms with van der Waals surface area (Å²) in [4.78, 5) is 15.8. The van der Waals surface area contributed by atoms with Gasteiger partial charge in [-0.1, -0.05) is 0 Å². The van der Waals surface area contributed by atoms with Gasteiger partial charge in [-0.2, -0.15) is 13.2 Å². The Morgan fingerprint density at radius 2 is 2.04 bits per heavy atom. The summed E-state index contributed by atoms with van der Waals surface area (Å²) in [5.41, 5.74) is -0.336. The van der Waals surface area contributed by atoms with Crippen molar-refractivity contribution in [3.05, 3.63) is 29.7 Å². The molecule has 3 heterocycles. The van der Waals surface area contributed by atoms with Crippen LogP contribution < -0.4 is 0 Å². The summed E-state index contributed by atoms with van der Waals surface area (Å²) in [6.07, 6.45) is -1.71. The molecule has 1 aliphatic rings. The van der Waals surface area contributed by atoms with Crippen molar-refractivity contribution < 1.29 is 18.0 Å². The lowest BCUT2D eigenvalue weighted by Crippen LogP contribution is -2.48. The summed E-state index contributed by atoms with van der Waals surface area (Å²) in [6, 6.07) is 2.06. The van der Waals surface area contributed by atoms with Crippen LogP contribution in [0.3, 0.4) is 0 Å². The molecule has 0 aromatic carbocycles. The van der Waals surface area contributed by atoms with E-state index in [1.165, 1.54) is 10.5 Å². The van der Waals surface area contributed by atoms with E-state index >= 15 is 0 Å². The second-order valence-corrected chi connectivity index (χ2v) is 6.94. The van der Waals surface area contributed by atoms with Gasteiger partial charge in [0, 0.05) is 32.8 Å². The van der Waals surface area contributed by atoms with Crippen LogP contribution in [0.15, 0.2) is 18.3 Å². The zero-order chi connectivity index (χ0) is 19.1. The molecule has 26 heavy (non-hydrogen) atoms. The molecule has 1 aliphatic heterocycles. The molecule has 0 bridgehead atoms. The van der Waals surface area contributed by atoms with Crippen molar-refractivity contribution in [3.63, 3.8) is 0 Å². The third-order valence-electron chi connectivity index (χ3n) is 4.92. The Kier molecular flexibility index (Phi) is 4.92. The number of carbonyl (C=O) groups excluding carboxylic acids is 1. The molecule has 2 atom stereocenters. The average Bonchev–Trinajstić information content (AvgIpc) is 3.03. The van der Waals surface area contributed by atoms with Gasteiger partial charge in [-0.15, -0.1) is 10.2 Å². The molecule has 6 nitrogen and oxygen atoms in total. The topological polar surface area (TPSA) is 53.7 Å². The van der Waals surface area contributed by atoms with Gasteiger partial charge in [-0.25, -0.2) is 0 Å². The van der Waals surface area contributed by atoms with Crippen LogP contribution in [0.5, 0.6) is 0 Å². The number of rotatable bonds is 3. The third kappa shape index (κ3) is 3.53. The van der Waals surface area contributed by atoms with Gasteiger partial charge in [0.25, 0.3) is 0 Å². The number of likely N-dealkylation sites (N-methyl/N-ethyl adjacent to an activating group) is 1. The Morgan fingerprint density at radius 1 is 1.31 bits per heavy atom. The van der Waals surface area contributed by atoms with Crippen molar-refractivity contribution in [1.82, 2.24) is 24.4 Å². The summed E-state index contributed by atoms with van der Waals surface area (Å²) >= 11 is 0. The van der Waals surface area contributed by atoms with E-state index in [1.807, 2.05) is 6.92 Å². The highest BCUT2D eigenvalue weighted by molar-refractivity contribution is 5.80. The number of piperidine rings is 1. The first-order valence-electron chi connectivity index (χ1n) is 8.55. The van der Waals surface area contributed by atoms with Crippen LogP contribution in [0.2, 0.25) is 0 Å². The van der Waals surface area contributed by atoms with Gasteiger partial charge in [-0.05, 0) is 38.4 Å². The molecule has 0 N–H and O–H groups in total. The lowest BCUT2D eigenvalue weighted by atomic mass is 9.96. The number of alkyl halides is 3. The molecule has 2 unspecified atom stereocenters. The van der Waals surface area contributed by atoms with E-state index in [0.29, 0.717) is 18.0 Å². The van der Waals surface area contributed by atoms with Gasteiger partial charge >= 0.3 is 6.18 Å². The monoisotopic (exact) mass is 369 g/mol. The van der Waals surface area contributed by atoms with Crippen molar-refractivity contribution in [3.8, 4) is 0 Å². The van der Waals surface area contributed by atoms with E-state index in [9.17, 15) is 18.0 Å². The van der Waals surface area contributed by atoms with Crippen LogP contribution in [-0.2, 0) is 11.0 Å². The molecule has 0 radical (unpaired) electrons. The quantitative estimate of drug-likeness (QED) is 0.834. The van der Waals surface area contributed by atoms with Gasteiger partial charge in [-0.3, -0.25) is 14.1 Å². The number of pyridine rings is 1. The second-order valence-electron chi connectivity index (χ2n) is 6.94. The van der Waals surface area contributed by atoms with Crippen molar-refractivity contribution >= 4 is 11.6 Å². The Balaban J connectivity index is 1.87. The van der Waals surface area contributed by atoms with Crippen molar-refractivity contribution in [2.75, 3.05) is 27.2 Å². The normalized spacial score (nSPS) is 20.3. The first kappa shape index (κ1) is 18.6.